The molecule has 1 rings (SSSR count). The van der Waals surface area contributed by atoms with Gasteiger partial charge in [0.1, 0.15) is 11.5 Å². The van der Waals surface area contributed by atoms with Crippen LogP contribution in [-0.2, 0) is 18.6 Å². The lowest BCUT2D eigenvalue weighted by Crippen LogP contribution is -2.07. The van der Waals surface area contributed by atoms with Crippen molar-refractivity contribution in [3.63, 3.8) is 0 Å². The molecule has 0 saturated carbocycles. The molecule has 0 aromatic heterocycles. The predicted molar refractivity (Wildman–Crippen MR) is 92.3 cm³/mol. The van der Waals surface area contributed by atoms with Crippen molar-refractivity contribution >= 4 is 13.8 Å². The van der Waals surface area contributed by atoms with Crippen LogP contribution in [0.3, 0.4) is 0 Å². The summed E-state index contributed by atoms with van der Waals surface area (Å²) in [6.45, 7) is 5.32. The van der Waals surface area contributed by atoms with Gasteiger partial charge in [-0.3, -0.25) is 0 Å². The maximum atomic E-state index is 11.1. The molecular weight excluding hydrogens is 351 g/mol. The van der Waals surface area contributed by atoms with Crippen LogP contribution in [0.5, 0.6) is 11.5 Å². The molecule has 0 radical (unpaired) electrons. The second kappa shape index (κ2) is 11.7. The van der Waals surface area contributed by atoms with Crippen molar-refractivity contribution in [2.24, 2.45) is 0 Å². The number of phosphoric ester groups is 1. The number of carbonyl (C=O) groups excluding carboxylic acids is 1. The molecule has 0 saturated heterocycles. The molecule has 2 N–H and O–H groups in total. The van der Waals surface area contributed by atoms with Gasteiger partial charge in [-0.25, -0.2) is 13.9 Å². The monoisotopic (exact) mass is 376 g/mol. The minimum atomic E-state index is -4.53. The van der Waals surface area contributed by atoms with Crippen molar-refractivity contribution in [1.29, 1.82) is 0 Å². The lowest BCUT2D eigenvalue weighted by atomic mass is 10.3. The van der Waals surface area contributed by atoms with Crippen LogP contribution in [0.2, 0.25) is 0 Å². The van der Waals surface area contributed by atoms with Gasteiger partial charge in [-0.05, 0) is 44.0 Å². The zero-order valence-corrected chi connectivity index (χ0v) is 14.2. The summed E-state index contributed by atoms with van der Waals surface area (Å²) in [5.74, 6) is 0.619. The zero-order valence-electron chi connectivity index (χ0n) is 13.3. The fourth-order valence-electron chi connectivity index (χ4n) is 1.48. The van der Waals surface area contributed by atoms with Gasteiger partial charge in [0, 0.05) is 5.57 Å². The smallest absolute Gasteiger partial charge is 0.472 e. The number of phosphoric acid groups is 1. The highest BCUT2D eigenvalue weighted by Crippen LogP contribution is 2.35. The highest BCUT2D eigenvalue weighted by Gasteiger charge is 2.13. The first-order valence-electron chi connectivity index (χ1n) is 7.16. The van der Waals surface area contributed by atoms with Crippen LogP contribution in [0.1, 0.15) is 27.2 Å². The Labute approximate surface area is 147 Å². The molecule has 8 nitrogen and oxygen atoms in total. The van der Waals surface area contributed by atoms with E-state index in [4.69, 9.17) is 24.0 Å². The summed E-state index contributed by atoms with van der Waals surface area (Å²) in [5, 5.41) is 0. The van der Waals surface area contributed by atoms with Crippen molar-refractivity contribution < 1.29 is 37.9 Å². The second-order valence-corrected chi connectivity index (χ2v) is 6.06. The molecule has 9 heteroatoms. The summed E-state index contributed by atoms with van der Waals surface area (Å²) in [6.07, 6.45) is 1.40. The van der Waals surface area contributed by atoms with Crippen molar-refractivity contribution in [1.82, 2.24) is 0 Å². The number of benzene rings is 1. The number of hydrogen-bond acceptors (Lipinski definition) is 6. The van der Waals surface area contributed by atoms with E-state index in [-0.39, 0.29) is 7.43 Å². The third kappa shape index (κ3) is 11.3. The van der Waals surface area contributed by atoms with Gasteiger partial charge >= 0.3 is 13.8 Å². The number of rotatable bonds is 11. The molecule has 0 aliphatic carbocycles. The highest BCUT2D eigenvalue weighted by atomic mass is 31.2. The Morgan fingerprint density at radius 2 is 1.60 bits per heavy atom. The molecule has 25 heavy (non-hydrogen) atoms. The average Bonchev–Trinajstić information content (AvgIpc) is 2.50. The van der Waals surface area contributed by atoms with E-state index in [9.17, 15) is 9.36 Å². The van der Waals surface area contributed by atoms with Crippen LogP contribution < -0.4 is 9.47 Å². The van der Waals surface area contributed by atoms with Gasteiger partial charge < -0.3 is 24.0 Å². The van der Waals surface area contributed by atoms with E-state index >= 15 is 0 Å². The van der Waals surface area contributed by atoms with Crippen molar-refractivity contribution in [2.45, 2.75) is 27.2 Å². The Bertz CT molecular complexity index is 578. The van der Waals surface area contributed by atoms with Crippen LogP contribution in [0.4, 0.5) is 0 Å². The number of esters is 1. The number of ether oxygens (including phenoxy) is 3. The molecule has 0 unspecified atom stereocenters. The summed E-state index contributed by atoms with van der Waals surface area (Å²) >= 11 is 0. The van der Waals surface area contributed by atoms with E-state index in [2.05, 4.69) is 11.1 Å². The molecule has 0 aliphatic rings. The number of unbranched alkanes of at least 4 members (excludes halogenated alkanes) is 1. The van der Waals surface area contributed by atoms with E-state index in [0.29, 0.717) is 36.7 Å². The van der Waals surface area contributed by atoms with E-state index in [1.54, 1.807) is 31.2 Å². The van der Waals surface area contributed by atoms with E-state index in [1.165, 1.54) is 0 Å². The van der Waals surface area contributed by atoms with Gasteiger partial charge in [0.25, 0.3) is 0 Å². The molecule has 0 bridgehead atoms. The Balaban J connectivity index is 0.00000576. The lowest BCUT2D eigenvalue weighted by molar-refractivity contribution is -0.139. The zero-order chi connectivity index (χ0) is 18.0. The average molecular weight is 376 g/mol. The molecule has 0 aliphatic heterocycles. The molecule has 0 amide bonds. The van der Waals surface area contributed by atoms with Crippen LogP contribution in [0.25, 0.3) is 0 Å². The third-order valence-electron chi connectivity index (χ3n) is 2.66. The maximum Gasteiger partial charge on any atom is 0.472 e. The molecule has 0 heterocycles. The van der Waals surface area contributed by atoms with Crippen molar-refractivity contribution in [3.05, 3.63) is 36.4 Å². The van der Waals surface area contributed by atoms with Gasteiger partial charge in [-0.1, -0.05) is 14.0 Å². The van der Waals surface area contributed by atoms with E-state index in [1.807, 2.05) is 0 Å². The predicted octanol–water partition coefficient (Wildman–Crippen LogP) is 3.05. The first kappa shape index (κ1) is 23.1. The second-order valence-electron chi connectivity index (χ2n) is 4.83. The Morgan fingerprint density at radius 3 is 2.12 bits per heavy atom. The van der Waals surface area contributed by atoms with E-state index < -0.39 is 20.6 Å². The summed E-state index contributed by atoms with van der Waals surface area (Å²) in [4.78, 5) is 28.2. The van der Waals surface area contributed by atoms with Gasteiger partial charge in [-0.15, -0.1) is 0 Å². The fraction of sp³-hybridized carbons (Fsp3) is 0.438. The first-order chi connectivity index (χ1) is 11.3. The van der Waals surface area contributed by atoms with Crippen molar-refractivity contribution in [2.75, 3.05) is 20.0 Å². The maximum absolute atomic E-state index is 11.1. The Morgan fingerprint density at radius 1 is 1.08 bits per heavy atom. The Kier molecular flexibility index (Phi) is 10.8. The van der Waals surface area contributed by atoms with E-state index in [0.717, 1.165) is 6.42 Å². The summed E-state index contributed by atoms with van der Waals surface area (Å²) < 4.78 is 30.1. The van der Waals surface area contributed by atoms with Gasteiger partial charge in [0.15, 0.2) is 6.79 Å². The van der Waals surface area contributed by atoms with Crippen molar-refractivity contribution in [3.8, 4) is 11.5 Å². The fourth-order valence-corrected chi connectivity index (χ4v) is 1.67. The largest absolute Gasteiger partial charge is 0.494 e. The summed E-state index contributed by atoms with van der Waals surface area (Å²) in [7, 11) is -4.53. The molecule has 142 valence electrons. The van der Waals surface area contributed by atoms with Crippen LogP contribution in [0, 0.1) is 0 Å². The molecule has 1 aromatic carbocycles. The Hall–Kier alpha value is -1.86. The normalized spacial score (nSPS) is 10.5. The standard InChI is InChI=1S/C15H21O8P.CH4/c1-12(2)15(16)21-10-4-3-9-20-13-5-7-14(8-6-13)22-11-23-24(17,18)19;/h5-8H,1,3-4,9-11H2,2H3,(H2,17,18,19);1H4. The third-order valence-corrected chi connectivity index (χ3v) is 3.10. The first-order valence-corrected chi connectivity index (χ1v) is 8.69. The summed E-state index contributed by atoms with van der Waals surface area (Å²) in [6, 6.07) is 6.50. The lowest BCUT2D eigenvalue weighted by Gasteiger charge is -2.09. The van der Waals surface area contributed by atoms with Crippen LogP contribution >= 0.6 is 7.82 Å². The molecule has 0 fully saturated rings. The topological polar surface area (TPSA) is 112 Å². The van der Waals surface area contributed by atoms with Gasteiger partial charge in [-0.2, -0.15) is 0 Å². The summed E-state index contributed by atoms with van der Waals surface area (Å²) in [5.41, 5.74) is 0.375. The van der Waals surface area contributed by atoms with Crippen LogP contribution in [0.15, 0.2) is 36.4 Å². The number of carbonyl (C=O) groups is 1. The van der Waals surface area contributed by atoms with Gasteiger partial charge in [0.05, 0.1) is 13.2 Å². The minimum absolute atomic E-state index is 0. The molecule has 0 spiro atoms. The van der Waals surface area contributed by atoms with Crippen LogP contribution in [-0.4, -0.2) is 35.8 Å². The molecule has 1 aromatic rings. The quantitative estimate of drug-likeness (QED) is 0.199. The SMILES string of the molecule is C.C=C(C)C(=O)OCCCCOc1ccc(OCOP(=O)(O)O)cc1. The molecular formula is C16H25O8P. The number of hydrogen-bond donors (Lipinski definition) is 2. The highest BCUT2D eigenvalue weighted by molar-refractivity contribution is 7.46. The molecule has 0 atom stereocenters. The van der Waals surface area contributed by atoms with Gasteiger partial charge in [0.2, 0.25) is 0 Å². The minimum Gasteiger partial charge on any atom is -0.494 e.